The maximum atomic E-state index is 12.5. The normalized spacial score (nSPS) is 18.5. The molecule has 0 N–H and O–H groups in total. The molecule has 34 heavy (non-hydrogen) atoms. The Morgan fingerprint density at radius 1 is 0.971 bits per heavy atom. The van der Waals surface area contributed by atoms with Crippen molar-refractivity contribution in [3.63, 3.8) is 0 Å². The molecule has 7 nitrogen and oxygen atoms in total. The van der Waals surface area contributed by atoms with Crippen molar-refractivity contribution in [1.29, 1.82) is 0 Å². The van der Waals surface area contributed by atoms with E-state index in [1.165, 1.54) is 36.2 Å². The van der Waals surface area contributed by atoms with Crippen LogP contribution in [0.3, 0.4) is 0 Å². The maximum absolute atomic E-state index is 12.5. The van der Waals surface area contributed by atoms with Gasteiger partial charge in [0.15, 0.2) is 0 Å². The molecule has 186 valence electrons. The zero-order chi connectivity index (χ0) is 24.8. The lowest BCUT2D eigenvalue weighted by atomic mass is 10.1. The highest BCUT2D eigenvalue weighted by Crippen LogP contribution is 2.48. The van der Waals surface area contributed by atoms with Crippen LogP contribution in [-0.4, -0.2) is 71.4 Å². The summed E-state index contributed by atoms with van der Waals surface area (Å²) in [5.41, 5.74) is 6.08. The van der Waals surface area contributed by atoms with Crippen molar-refractivity contribution in [2.24, 2.45) is 4.99 Å². The molecule has 0 spiro atoms. The van der Waals surface area contributed by atoms with Crippen molar-refractivity contribution in [3.05, 3.63) is 45.3 Å². The molecule has 0 aliphatic carbocycles. The molecule has 0 radical (unpaired) electrons. The van der Waals surface area contributed by atoms with Gasteiger partial charge in [0.1, 0.15) is 0 Å². The van der Waals surface area contributed by atoms with E-state index in [0.717, 1.165) is 23.9 Å². The third-order valence-corrected chi connectivity index (χ3v) is 12.7. The molecule has 1 fully saturated rings. The van der Waals surface area contributed by atoms with Crippen LogP contribution in [0, 0.1) is 4.51 Å². The zero-order valence-corrected chi connectivity index (χ0v) is 24.6. The van der Waals surface area contributed by atoms with Crippen LogP contribution in [0.4, 0.5) is 17.1 Å². The molecule has 1 unspecified atom stereocenters. The molecule has 2 aliphatic heterocycles. The largest absolute Gasteiger partial charge is 0.378 e. The van der Waals surface area contributed by atoms with E-state index in [9.17, 15) is 8.42 Å². The Kier molecular flexibility index (Phi) is 7.64. The summed E-state index contributed by atoms with van der Waals surface area (Å²) in [5.74, 6) is 0. The van der Waals surface area contributed by atoms with Gasteiger partial charge in [0.2, 0.25) is 0 Å². The quantitative estimate of drug-likeness (QED) is 0.365. The summed E-state index contributed by atoms with van der Waals surface area (Å²) < 4.78 is 29.2. The maximum Gasteiger partial charge on any atom is 0.281 e. The van der Waals surface area contributed by atoms with Gasteiger partial charge in [-0.05, 0) is 69.4 Å². The lowest BCUT2D eigenvalue weighted by molar-refractivity contribution is 0.355. The van der Waals surface area contributed by atoms with E-state index in [1.54, 1.807) is 18.4 Å². The molecular weight excluding hydrogens is 581 g/mol. The Labute approximate surface area is 218 Å². The second kappa shape index (κ2) is 10.0. The third kappa shape index (κ3) is 4.63. The molecule has 1 saturated heterocycles. The van der Waals surface area contributed by atoms with Crippen LogP contribution in [0.25, 0.3) is 0 Å². The fourth-order valence-corrected chi connectivity index (χ4v) is 8.92. The number of benzene rings is 2. The Morgan fingerprint density at radius 2 is 1.62 bits per heavy atom. The summed E-state index contributed by atoms with van der Waals surface area (Å²) in [6, 6.07) is 9.11. The fraction of sp³-hybridized carbons (Fsp3) is 0.500. The molecule has 4 rings (SSSR count). The number of halogens is 1. The molecule has 0 saturated carbocycles. The first-order valence-electron chi connectivity index (χ1n) is 11.6. The SMILES string of the molecule is CCc1cc(N(C)C)cc2c1N=c1c(CC)cc(N3CCN(S(=O)(=O)N(C)C)CC3)cc1=S2I. The van der Waals surface area contributed by atoms with Crippen molar-refractivity contribution < 1.29 is 8.42 Å². The van der Waals surface area contributed by atoms with Gasteiger partial charge in [-0.1, -0.05) is 21.5 Å². The predicted octanol–water partition coefficient (Wildman–Crippen LogP) is 4.00. The molecule has 10 heteroatoms. The number of nitrogens with zero attached hydrogens (tertiary/aromatic N) is 5. The Bertz CT molecular complexity index is 1330. The summed E-state index contributed by atoms with van der Waals surface area (Å²) in [6.07, 6.45) is 1.87. The Hall–Kier alpha value is -1.21. The van der Waals surface area contributed by atoms with E-state index < -0.39 is 10.2 Å². The average Bonchev–Trinajstić information content (AvgIpc) is 2.83. The molecule has 2 aromatic rings. The summed E-state index contributed by atoms with van der Waals surface area (Å²) in [7, 11) is 3.86. The molecular formula is C24H34IN5O2S2. The topological polar surface area (TPSA) is 59.5 Å². The Morgan fingerprint density at radius 3 is 2.18 bits per heavy atom. The van der Waals surface area contributed by atoms with Crippen LogP contribution in [0.5, 0.6) is 0 Å². The van der Waals surface area contributed by atoms with E-state index >= 15 is 0 Å². The molecule has 2 aliphatic rings. The van der Waals surface area contributed by atoms with Gasteiger partial charge in [0.05, 0.1) is 11.0 Å². The first-order valence-corrected chi connectivity index (χ1v) is 16.8. The summed E-state index contributed by atoms with van der Waals surface area (Å²) in [5, 5.41) is 1.12. The highest BCUT2D eigenvalue weighted by atomic mass is 127. The number of anilines is 2. The highest BCUT2D eigenvalue weighted by molar-refractivity contribution is 14.2. The summed E-state index contributed by atoms with van der Waals surface area (Å²) in [4.78, 5) is 11.0. The first-order chi connectivity index (χ1) is 16.1. The highest BCUT2D eigenvalue weighted by Gasteiger charge is 2.29. The van der Waals surface area contributed by atoms with Crippen LogP contribution >= 0.6 is 28.9 Å². The van der Waals surface area contributed by atoms with Gasteiger partial charge in [-0.2, -0.15) is 17.0 Å². The van der Waals surface area contributed by atoms with E-state index in [2.05, 4.69) is 83.2 Å². The second-order valence-corrected chi connectivity index (χ2v) is 15.2. The van der Waals surface area contributed by atoms with E-state index in [0.29, 0.717) is 26.2 Å². The minimum Gasteiger partial charge on any atom is -0.378 e. The van der Waals surface area contributed by atoms with E-state index in [4.69, 9.17) is 4.99 Å². The Balaban J connectivity index is 1.78. The van der Waals surface area contributed by atoms with Crippen molar-refractivity contribution in [3.8, 4) is 0 Å². The monoisotopic (exact) mass is 615 g/mol. The third-order valence-electron chi connectivity index (χ3n) is 6.56. The van der Waals surface area contributed by atoms with Gasteiger partial charge >= 0.3 is 0 Å². The number of fused-ring (bicyclic) bond motifs is 2. The first kappa shape index (κ1) is 25.9. The zero-order valence-electron chi connectivity index (χ0n) is 20.8. The number of aryl methyl sites for hydroxylation is 2. The van der Waals surface area contributed by atoms with Crippen LogP contribution in [0.2, 0.25) is 0 Å². The standard InChI is InChI=1S/C24H34IN5O2S2/c1-7-17-13-19(27(3)4)15-21-23(17)26-24-18(8-2)14-20(16-22(24)33(21)25)29-9-11-30(12-10-29)34(31,32)28(5)6/h13-16H,7-12H2,1-6H3. The van der Waals surface area contributed by atoms with Crippen molar-refractivity contribution in [2.75, 3.05) is 64.2 Å². The summed E-state index contributed by atoms with van der Waals surface area (Å²) >= 11 is 2.59. The number of hydrogen-bond donors (Lipinski definition) is 0. The van der Waals surface area contributed by atoms with Crippen LogP contribution in [0.1, 0.15) is 25.0 Å². The fourth-order valence-electron chi connectivity index (χ4n) is 4.44. The minimum atomic E-state index is -3.37. The predicted molar refractivity (Wildman–Crippen MR) is 152 cm³/mol. The molecule has 2 heterocycles. The number of rotatable bonds is 6. The van der Waals surface area contributed by atoms with E-state index in [1.807, 2.05) is 0 Å². The van der Waals surface area contributed by atoms with Gasteiger partial charge < -0.3 is 9.80 Å². The number of hydrogen-bond acceptors (Lipinski definition) is 5. The van der Waals surface area contributed by atoms with Crippen molar-refractivity contribution >= 4 is 56.1 Å². The van der Waals surface area contributed by atoms with Gasteiger partial charge in [-0.3, -0.25) is 0 Å². The smallest absolute Gasteiger partial charge is 0.281 e. The molecule has 0 aromatic heterocycles. The van der Waals surface area contributed by atoms with Gasteiger partial charge in [0.25, 0.3) is 10.2 Å². The van der Waals surface area contributed by atoms with Gasteiger partial charge in [0, 0.05) is 75.2 Å². The molecule has 1 atom stereocenters. The number of piperazine rings is 1. The minimum absolute atomic E-state index is 0.123. The second-order valence-electron chi connectivity index (χ2n) is 9.05. The summed E-state index contributed by atoms with van der Waals surface area (Å²) in [6.45, 7) is 6.74. The van der Waals surface area contributed by atoms with Crippen molar-refractivity contribution in [1.82, 2.24) is 8.61 Å². The molecule has 2 aromatic carbocycles. The lowest BCUT2D eigenvalue weighted by Gasteiger charge is -2.36. The average molecular weight is 616 g/mol. The lowest BCUT2D eigenvalue weighted by Crippen LogP contribution is -2.51. The molecule has 0 bridgehead atoms. The van der Waals surface area contributed by atoms with Crippen LogP contribution in [0.15, 0.2) is 34.2 Å². The van der Waals surface area contributed by atoms with Crippen LogP contribution < -0.4 is 15.2 Å². The van der Waals surface area contributed by atoms with Gasteiger partial charge in [-0.25, -0.2) is 4.99 Å². The van der Waals surface area contributed by atoms with Crippen molar-refractivity contribution in [2.45, 2.75) is 31.6 Å². The van der Waals surface area contributed by atoms with E-state index in [-0.39, 0.29) is 7.66 Å². The van der Waals surface area contributed by atoms with Crippen LogP contribution in [-0.2, 0) is 23.1 Å². The molecule has 0 amide bonds. The van der Waals surface area contributed by atoms with Gasteiger partial charge in [-0.15, -0.1) is 0 Å².